The number of hydrogen-bond acceptors (Lipinski definition) is 3. The van der Waals surface area contributed by atoms with E-state index in [0.29, 0.717) is 0 Å². The summed E-state index contributed by atoms with van der Waals surface area (Å²) in [6.07, 6.45) is 3.34. The van der Waals surface area contributed by atoms with Gasteiger partial charge in [-0.05, 0) is 33.4 Å². The Morgan fingerprint density at radius 3 is 2.93 bits per heavy atom. The topological polar surface area (TPSA) is 41.3 Å². The van der Waals surface area contributed by atoms with Crippen LogP contribution in [0, 0.1) is 11.8 Å². The molecular formula is C12H23N3. The highest BCUT2D eigenvalue weighted by Gasteiger charge is 2.31. The van der Waals surface area contributed by atoms with Crippen molar-refractivity contribution in [3.63, 3.8) is 0 Å². The SMILES string of the molecule is CC#CCCNC1(CN)CCCN(C)C1. The first-order valence-corrected chi connectivity index (χ1v) is 5.76. The maximum absolute atomic E-state index is 5.89. The summed E-state index contributed by atoms with van der Waals surface area (Å²) in [4.78, 5) is 2.36. The molecule has 0 aromatic carbocycles. The lowest BCUT2D eigenvalue weighted by atomic mass is 9.89. The van der Waals surface area contributed by atoms with Crippen molar-refractivity contribution in [3.8, 4) is 11.8 Å². The van der Waals surface area contributed by atoms with Crippen molar-refractivity contribution < 1.29 is 0 Å². The number of piperidine rings is 1. The number of nitrogens with one attached hydrogen (secondary N) is 1. The second-order valence-corrected chi connectivity index (χ2v) is 4.43. The highest BCUT2D eigenvalue weighted by Crippen LogP contribution is 2.18. The van der Waals surface area contributed by atoms with Gasteiger partial charge in [-0.25, -0.2) is 0 Å². The molecule has 0 spiro atoms. The van der Waals surface area contributed by atoms with Crippen LogP contribution in [-0.4, -0.2) is 43.7 Å². The minimum atomic E-state index is 0.127. The molecular weight excluding hydrogens is 186 g/mol. The molecule has 0 aliphatic carbocycles. The van der Waals surface area contributed by atoms with Crippen LogP contribution in [0.1, 0.15) is 26.2 Å². The molecule has 15 heavy (non-hydrogen) atoms. The molecule has 1 saturated heterocycles. The summed E-state index contributed by atoms with van der Waals surface area (Å²) < 4.78 is 0. The highest BCUT2D eigenvalue weighted by atomic mass is 15.2. The van der Waals surface area contributed by atoms with Gasteiger partial charge in [-0.3, -0.25) is 0 Å². The van der Waals surface area contributed by atoms with Gasteiger partial charge in [-0.2, -0.15) is 0 Å². The summed E-state index contributed by atoms with van der Waals surface area (Å²) >= 11 is 0. The third-order valence-electron chi connectivity index (χ3n) is 3.09. The number of likely N-dealkylation sites (tertiary alicyclic amines) is 1. The fourth-order valence-corrected chi connectivity index (χ4v) is 2.26. The quantitative estimate of drug-likeness (QED) is 0.520. The monoisotopic (exact) mass is 209 g/mol. The predicted molar refractivity (Wildman–Crippen MR) is 64.6 cm³/mol. The van der Waals surface area contributed by atoms with Crippen LogP contribution in [0.3, 0.4) is 0 Å². The molecule has 0 saturated carbocycles. The van der Waals surface area contributed by atoms with E-state index in [1.165, 1.54) is 19.4 Å². The lowest BCUT2D eigenvalue weighted by molar-refractivity contribution is 0.151. The molecule has 0 amide bonds. The number of nitrogens with two attached hydrogens (primary N) is 1. The van der Waals surface area contributed by atoms with Crippen LogP contribution in [0.4, 0.5) is 0 Å². The van der Waals surface area contributed by atoms with Gasteiger partial charge in [0.1, 0.15) is 0 Å². The Balaban J connectivity index is 2.40. The van der Waals surface area contributed by atoms with E-state index in [1.54, 1.807) is 0 Å². The Morgan fingerprint density at radius 1 is 1.53 bits per heavy atom. The fraction of sp³-hybridized carbons (Fsp3) is 0.833. The maximum atomic E-state index is 5.89. The molecule has 0 aromatic heterocycles. The first-order valence-electron chi connectivity index (χ1n) is 5.76. The zero-order chi connectivity index (χ0) is 11.1. The van der Waals surface area contributed by atoms with Gasteiger partial charge in [0.2, 0.25) is 0 Å². The van der Waals surface area contributed by atoms with E-state index >= 15 is 0 Å². The Labute approximate surface area is 93.4 Å². The molecule has 0 aromatic rings. The largest absolute Gasteiger partial charge is 0.329 e. The molecule has 3 heteroatoms. The van der Waals surface area contributed by atoms with Crippen molar-refractivity contribution in [2.75, 3.05) is 33.2 Å². The zero-order valence-corrected chi connectivity index (χ0v) is 9.97. The average molecular weight is 209 g/mol. The van der Waals surface area contributed by atoms with Gasteiger partial charge in [0.15, 0.2) is 0 Å². The standard InChI is InChI=1S/C12H23N3/c1-3-4-5-8-14-12(10-13)7-6-9-15(2)11-12/h14H,5-11,13H2,1-2H3. The minimum absolute atomic E-state index is 0.127. The maximum Gasteiger partial charge on any atom is 0.0433 e. The molecule has 86 valence electrons. The summed E-state index contributed by atoms with van der Waals surface area (Å²) in [7, 11) is 2.16. The lowest BCUT2D eigenvalue weighted by Gasteiger charge is -2.41. The second-order valence-electron chi connectivity index (χ2n) is 4.43. The zero-order valence-electron chi connectivity index (χ0n) is 9.97. The molecule has 3 nitrogen and oxygen atoms in total. The van der Waals surface area contributed by atoms with Crippen molar-refractivity contribution in [2.45, 2.75) is 31.7 Å². The van der Waals surface area contributed by atoms with E-state index in [9.17, 15) is 0 Å². The van der Waals surface area contributed by atoms with Gasteiger partial charge >= 0.3 is 0 Å². The second kappa shape index (κ2) is 6.12. The Bertz CT molecular complexity index is 241. The normalized spacial score (nSPS) is 27.1. The van der Waals surface area contributed by atoms with Crippen LogP contribution in [0.5, 0.6) is 0 Å². The molecule has 1 rings (SSSR count). The molecule has 1 aliphatic rings. The minimum Gasteiger partial charge on any atom is -0.329 e. The molecule has 0 bridgehead atoms. The van der Waals surface area contributed by atoms with Gasteiger partial charge in [-0.1, -0.05) is 0 Å². The van der Waals surface area contributed by atoms with Crippen LogP contribution in [0.2, 0.25) is 0 Å². The van der Waals surface area contributed by atoms with Gasteiger partial charge in [0, 0.05) is 31.6 Å². The Hall–Kier alpha value is -0.560. The van der Waals surface area contributed by atoms with Crippen molar-refractivity contribution >= 4 is 0 Å². The molecule has 1 unspecified atom stereocenters. The van der Waals surface area contributed by atoms with Crippen LogP contribution < -0.4 is 11.1 Å². The molecule has 1 fully saturated rings. The van der Waals surface area contributed by atoms with Crippen LogP contribution in [0.25, 0.3) is 0 Å². The van der Waals surface area contributed by atoms with Gasteiger partial charge < -0.3 is 16.0 Å². The molecule has 3 N–H and O–H groups in total. The predicted octanol–water partition coefficient (Wildman–Crippen LogP) is 0.413. The van der Waals surface area contributed by atoms with Gasteiger partial charge in [-0.15, -0.1) is 11.8 Å². The molecule has 0 radical (unpaired) electrons. The van der Waals surface area contributed by atoms with E-state index in [2.05, 4.69) is 29.1 Å². The van der Waals surface area contributed by atoms with Crippen LogP contribution in [0.15, 0.2) is 0 Å². The summed E-state index contributed by atoms with van der Waals surface area (Å²) in [5.41, 5.74) is 6.02. The Kier molecular flexibility index (Phi) is 5.10. The Morgan fingerprint density at radius 2 is 2.33 bits per heavy atom. The smallest absolute Gasteiger partial charge is 0.0433 e. The first kappa shape index (κ1) is 12.5. The summed E-state index contributed by atoms with van der Waals surface area (Å²) in [5.74, 6) is 5.99. The summed E-state index contributed by atoms with van der Waals surface area (Å²) in [6.45, 7) is 5.80. The lowest BCUT2D eigenvalue weighted by Crippen LogP contribution is -2.60. The molecule has 1 aliphatic heterocycles. The van der Waals surface area contributed by atoms with E-state index < -0.39 is 0 Å². The number of hydrogen-bond donors (Lipinski definition) is 2. The highest BCUT2D eigenvalue weighted by molar-refractivity contribution is 4.98. The number of rotatable bonds is 4. The third kappa shape index (κ3) is 3.83. The van der Waals surface area contributed by atoms with E-state index in [4.69, 9.17) is 5.73 Å². The third-order valence-corrected chi connectivity index (χ3v) is 3.09. The van der Waals surface area contributed by atoms with E-state index in [0.717, 1.165) is 26.1 Å². The van der Waals surface area contributed by atoms with E-state index in [-0.39, 0.29) is 5.54 Å². The average Bonchev–Trinajstić information content (AvgIpc) is 2.25. The fourth-order valence-electron chi connectivity index (χ4n) is 2.26. The van der Waals surface area contributed by atoms with Crippen molar-refractivity contribution in [3.05, 3.63) is 0 Å². The van der Waals surface area contributed by atoms with Crippen molar-refractivity contribution in [2.24, 2.45) is 5.73 Å². The molecule has 1 heterocycles. The number of likely N-dealkylation sites (N-methyl/N-ethyl adjacent to an activating group) is 1. The van der Waals surface area contributed by atoms with E-state index in [1.807, 2.05) is 6.92 Å². The summed E-state index contributed by atoms with van der Waals surface area (Å²) in [6, 6.07) is 0. The van der Waals surface area contributed by atoms with Crippen molar-refractivity contribution in [1.82, 2.24) is 10.2 Å². The summed E-state index contributed by atoms with van der Waals surface area (Å²) in [5, 5.41) is 3.58. The first-order chi connectivity index (χ1) is 7.22. The molecule has 1 atom stereocenters. The van der Waals surface area contributed by atoms with Crippen molar-refractivity contribution in [1.29, 1.82) is 0 Å². The van der Waals surface area contributed by atoms with Crippen LogP contribution >= 0.6 is 0 Å². The van der Waals surface area contributed by atoms with Crippen LogP contribution in [-0.2, 0) is 0 Å². The van der Waals surface area contributed by atoms with Gasteiger partial charge in [0.05, 0.1) is 0 Å². The van der Waals surface area contributed by atoms with Gasteiger partial charge in [0.25, 0.3) is 0 Å². The number of nitrogens with zero attached hydrogens (tertiary/aromatic N) is 1.